The Morgan fingerprint density at radius 1 is 1.26 bits per heavy atom. The minimum Gasteiger partial charge on any atom is -0.310 e. The molecule has 0 saturated heterocycles. The molecule has 100 valence electrons. The maximum Gasteiger partial charge on any atom is 0.0327 e. The Bertz CT molecular complexity index is 553. The van der Waals surface area contributed by atoms with Gasteiger partial charge >= 0.3 is 0 Å². The molecular formula is C15H17BrN2S. The van der Waals surface area contributed by atoms with Gasteiger partial charge in [0.2, 0.25) is 0 Å². The predicted octanol–water partition coefficient (Wildman–Crippen LogP) is 3.31. The third-order valence-corrected chi connectivity index (χ3v) is 5.46. The highest BCUT2D eigenvalue weighted by Gasteiger charge is 2.16. The monoisotopic (exact) mass is 336 g/mol. The van der Waals surface area contributed by atoms with Crippen molar-refractivity contribution in [3.8, 4) is 0 Å². The number of halogens is 1. The summed E-state index contributed by atoms with van der Waals surface area (Å²) in [6, 6.07) is 11.4. The quantitative estimate of drug-likeness (QED) is 0.894. The SMILES string of the molecule is Brc1ccsc1CNCC1Cc2ccccc2CN1. The molecule has 0 saturated carbocycles. The molecule has 19 heavy (non-hydrogen) atoms. The molecule has 0 amide bonds. The van der Waals surface area contributed by atoms with E-state index in [4.69, 9.17) is 0 Å². The van der Waals surface area contributed by atoms with E-state index in [0.717, 1.165) is 26.1 Å². The van der Waals surface area contributed by atoms with Crippen LogP contribution < -0.4 is 10.6 Å². The van der Waals surface area contributed by atoms with Gasteiger partial charge in [0.05, 0.1) is 0 Å². The third kappa shape index (κ3) is 3.26. The summed E-state index contributed by atoms with van der Waals surface area (Å²) in [5.41, 5.74) is 2.94. The van der Waals surface area contributed by atoms with Crippen LogP contribution in [0.15, 0.2) is 40.2 Å². The first-order chi connectivity index (χ1) is 9.33. The lowest BCUT2D eigenvalue weighted by Gasteiger charge is -2.26. The fourth-order valence-electron chi connectivity index (χ4n) is 2.48. The van der Waals surface area contributed by atoms with Crippen molar-refractivity contribution in [1.29, 1.82) is 0 Å². The Morgan fingerprint density at radius 3 is 2.89 bits per heavy atom. The van der Waals surface area contributed by atoms with Gasteiger partial charge in [0, 0.05) is 35.0 Å². The second-order valence-corrected chi connectivity index (χ2v) is 6.73. The van der Waals surface area contributed by atoms with Crippen LogP contribution in [-0.2, 0) is 19.5 Å². The first-order valence-electron chi connectivity index (χ1n) is 6.55. The summed E-state index contributed by atoms with van der Waals surface area (Å²) in [4.78, 5) is 1.37. The van der Waals surface area contributed by atoms with Crippen LogP contribution >= 0.6 is 27.3 Å². The summed E-state index contributed by atoms with van der Waals surface area (Å²) < 4.78 is 1.21. The van der Waals surface area contributed by atoms with Crippen molar-refractivity contribution in [3.05, 3.63) is 56.2 Å². The zero-order valence-corrected chi connectivity index (χ0v) is 13.1. The number of hydrogen-bond donors (Lipinski definition) is 2. The minimum absolute atomic E-state index is 0.536. The Kier molecular flexibility index (Phi) is 4.33. The Labute approximate surface area is 126 Å². The van der Waals surface area contributed by atoms with Gasteiger partial charge in [0.15, 0.2) is 0 Å². The van der Waals surface area contributed by atoms with Gasteiger partial charge in [0.25, 0.3) is 0 Å². The zero-order chi connectivity index (χ0) is 13.1. The lowest BCUT2D eigenvalue weighted by atomic mass is 9.96. The van der Waals surface area contributed by atoms with E-state index in [-0.39, 0.29) is 0 Å². The van der Waals surface area contributed by atoms with Crippen molar-refractivity contribution in [2.45, 2.75) is 25.6 Å². The van der Waals surface area contributed by atoms with E-state index >= 15 is 0 Å². The van der Waals surface area contributed by atoms with Crippen LogP contribution in [0, 0.1) is 0 Å². The molecule has 4 heteroatoms. The molecule has 0 bridgehead atoms. The van der Waals surface area contributed by atoms with Gasteiger partial charge in [-0.3, -0.25) is 0 Å². The summed E-state index contributed by atoms with van der Waals surface area (Å²) in [5, 5.41) is 9.27. The fourth-order valence-corrected chi connectivity index (χ4v) is 3.94. The van der Waals surface area contributed by atoms with E-state index in [1.54, 1.807) is 11.3 Å². The van der Waals surface area contributed by atoms with Crippen LogP contribution in [0.25, 0.3) is 0 Å². The molecule has 1 aromatic carbocycles. The Balaban J connectivity index is 1.51. The van der Waals surface area contributed by atoms with Gasteiger partial charge in [0.1, 0.15) is 0 Å². The van der Waals surface area contributed by atoms with E-state index in [1.807, 2.05) is 0 Å². The molecule has 1 aliphatic rings. The van der Waals surface area contributed by atoms with Crippen LogP contribution in [0.1, 0.15) is 16.0 Å². The van der Waals surface area contributed by atoms with Crippen molar-refractivity contribution in [2.75, 3.05) is 6.54 Å². The number of nitrogens with one attached hydrogen (secondary N) is 2. The molecule has 1 atom stereocenters. The number of thiophene rings is 1. The maximum absolute atomic E-state index is 3.60. The molecule has 2 heterocycles. The maximum atomic E-state index is 3.60. The normalized spacial score (nSPS) is 18.3. The van der Waals surface area contributed by atoms with Crippen LogP contribution in [0.4, 0.5) is 0 Å². The van der Waals surface area contributed by atoms with Crippen LogP contribution in [0.5, 0.6) is 0 Å². The molecule has 0 fully saturated rings. The largest absolute Gasteiger partial charge is 0.310 e. The van der Waals surface area contributed by atoms with Crippen LogP contribution in [-0.4, -0.2) is 12.6 Å². The molecule has 2 aromatic rings. The van der Waals surface area contributed by atoms with Gasteiger partial charge in [-0.15, -0.1) is 11.3 Å². The van der Waals surface area contributed by atoms with E-state index < -0.39 is 0 Å². The third-order valence-electron chi connectivity index (χ3n) is 3.53. The van der Waals surface area contributed by atoms with Gasteiger partial charge in [-0.2, -0.15) is 0 Å². The molecular weight excluding hydrogens is 320 g/mol. The molecule has 2 nitrogen and oxygen atoms in total. The van der Waals surface area contributed by atoms with Crippen LogP contribution in [0.2, 0.25) is 0 Å². The lowest BCUT2D eigenvalue weighted by molar-refractivity contribution is 0.448. The molecule has 0 spiro atoms. The number of hydrogen-bond acceptors (Lipinski definition) is 3. The smallest absolute Gasteiger partial charge is 0.0327 e. The van der Waals surface area contributed by atoms with Crippen molar-refractivity contribution < 1.29 is 0 Å². The minimum atomic E-state index is 0.536. The van der Waals surface area contributed by atoms with E-state index in [9.17, 15) is 0 Å². The fraction of sp³-hybridized carbons (Fsp3) is 0.333. The number of rotatable bonds is 4. The van der Waals surface area contributed by atoms with E-state index in [0.29, 0.717) is 6.04 Å². The van der Waals surface area contributed by atoms with Crippen molar-refractivity contribution in [2.24, 2.45) is 0 Å². The molecule has 3 rings (SSSR count). The van der Waals surface area contributed by atoms with Gasteiger partial charge in [-0.25, -0.2) is 0 Å². The number of benzene rings is 1. The van der Waals surface area contributed by atoms with Crippen LogP contribution in [0.3, 0.4) is 0 Å². The first kappa shape index (κ1) is 13.3. The highest BCUT2D eigenvalue weighted by molar-refractivity contribution is 9.10. The molecule has 1 aromatic heterocycles. The molecule has 0 aliphatic carbocycles. The van der Waals surface area contributed by atoms with Gasteiger partial charge < -0.3 is 10.6 Å². The standard InChI is InChI=1S/C15H17BrN2S/c16-14-5-6-19-15(14)10-17-9-13-7-11-3-1-2-4-12(11)8-18-13/h1-6,13,17-18H,7-10H2. The number of fused-ring (bicyclic) bond motifs is 1. The van der Waals surface area contributed by atoms with Crippen molar-refractivity contribution in [3.63, 3.8) is 0 Å². The first-order valence-corrected chi connectivity index (χ1v) is 8.23. The summed E-state index contributed by atoms with van der Waals surface area (Å²) in [5.74, 6) is 0. The topological polar surface area (TPSA) is 24.1 Å². The second-order valence-electron chi connectivity index (χ2n) is 4.87. The lowest BCUT2D eigenvalue weighted by Crippen LogP contribution is -2.42. The summed E-state index contributed by atoms with van der Waals surface area (Å²) in [6.07, 6.45) is 1.12. The summed E-state index contributed by atoms with van der Waals surface area (Å²) >= 11 is 5.36. The zero-order valence-electron chi connectivity index (χ0n) is 10.7. The Hall–Kier alpha value is -0.680. The average molecular weight is 337 g/mol. The highest BCUT2D eigenvalue weighted by atomic mass is 79.9. The molecule has 1 unspecified atom stereocenters. The van der Waals surface area contributed by atoms with Gasteiger partial charge in [-0.1, -0.05) is 24.3 Å². The van der Waals surface area contributed by atoms with E-state index in [2.05, 4.69) is 62.3 Å². The average Bonchev–Trinajstić information content (AvgIpc) is 2.84. The molecule has 0 radical (unpaired) electrons. The predicted molar refractivity (Wildman–Crippen MR) is 84.5 cm³/mol. The van der Waals surface area contributed by atoms with Crippen molar-refractivity contribution in [1.82, 2.24) is 10.6 Å². The van der Waals surface area contributed by atoms with E-state index in [1.165, 1.54) is 20.5 Å². The summed E-state index contributed by atoms with van der Waals surface area (Å²) in [7, 11) is 0. The second kappa shape index (κ2) is 6.18. The highest BCUT2D eigenvalue weighted by Crippen LogP contribution is 2.22. The molecule has 2 N–H and O–H groups in total. The molecule has 1 aliphatic heterocycles. The Morgan fingerprint density at radius 2 is 2.11 bits per heavy atom. The summed E-state index contributed by atoms with van der Waals surface area (Å²) in [6.45, 7) is 2.95. The van der Waals surface area contributed by atoms with Crippen molar-refractivity contribution >= 4 is 27.3 Å². The van der Waals surface area contributed by atoms with Gasteiger partial charge in [-0.05, 0) is 44.9 Å².